The summed E-state index contributed by atoms with van der Waals surface area (Å²) in [5.41, 5.74) is -0.643. The first-order chi connectivity index (χ1) is 10.9. The molecular weight excluding hydrogens is 310 g/mol. The van der Waals surface area contributed by atoms with Crippen molar-refractivity contribution in [1.29, 1.82) is 0 Å². The number of halogens is 2. The smallest absolute Gasteiger partial charge is 0.319 e. The van der Waals surface area contributed by atoms with Gasteiger partial charge >= 0.3 is 12.5 Å². The monoisotopic (exact) mass is 328 g/mol. The predicted molar refractivity (Wildman–Crippen MR) is 75.2 cm³/mol. The van der Waals surface area contributed by atoms with E-state index in [2.05, 4.69) is 0 Å². The third kappa shape index (κ3) is 2.71. The molecule has 8 heteroatoms. The van der Waals surface area contributed by atoms with E-state index in [1.807, 2.05) is 0 Å². The molecule has 1 amide bonds. The molecule has 0 bridgehead atoms. The molecule has 1 atom stereocenters. The van der Waals surface area contributed by atoms with Gasteiger partial charge in [-0.25, -0.2) is 0 Å². The Balaban J connectivity index is 1.85. The van der Waals surface area contributed by atoms with Crippen LogP contribution in [-0.4, -0.2) is 52.8 Å². The van der Waals surface area contributed by atoms with E-state index >= 15 is 0 Å². The first-order valence-corrected chi connectivity index (χ1v) is 7.49. The third-order valence-corrected chi connectivity index (χ3v) is 4.93. The Kier molecular flexibility index (Phi) is 4.09. The van der Waals surface area contributed by atoms with Crippen molar-refractivity contribution < 1.29 is 28.2 Å². The van der Waals surface area contributed by atoms with Gasteiger partial charge in [-0.05, 0) is 25.0 Å². The number of amides is 1. The number of aliphatic carboxylic acids is 1. The van der Waals surface area contributed by atoms with Gasteiger partial charge < -0.3 is 14.7 Å². The van der Waals surface area contributed by atoms with E-state index in [4.69, 9.17) is 4.74 Å². The number of carbonyl (C=O) groups excluding carboxylic acids is 1. The Morgan fingerprint density at radius 1 is 1.35 bits per heavy atom. The second kappa shape index (κ2) is 5.92. The third-order valence-electron chi connectivity index (χ3n) is 4.93. The molecule has 23 heavy (non-hydrogen) atoms. The molecule has 1 spiro atoms. The summed E-state index contributed by atoms with van der Waals surface area (Å²) in [4.78, 5) is 25.6. The van der Waals surface area contributed by atoms with Gasteiger partial charge in [0.25, 0.3) is 5.91 Å². The van der Waals surface area contributed by atoms with Crippen LogP contribution >= 0.6 is 0 Å². The van der Waals surface area contributed by atoms with E-state index < -0.39 is 29.8 Å². The normalized spacial score (nSPS) is 23.6. The van der Waals surface area contributed by atoms with Crippen LogP contribution in [0.2, 0.25) is 0 Å². The SMILES string of the molecule is O=C(O)C1CN(C(=O)c2cccn2C(F)F)CC12CCOCC2. The van der Waals surface area contributed by atoms with E-state index in [1.54, 1.807) is 0 Å². The zero-order valence-electron chi connectivity index (χ0n) is 12.5. The maximum atomic E-state index is 12.9. The highest BCUT2D eigenvalue weighted by molar-refractivity contribution is 5.93. The highest BCUT2D eigenvalue weighted by Gasteiger charge is 2.52. The molecule has 3 heterocycles. The first-order valence-electron chi connectivity index (χ1n) is 7.49. The number of aromatic nitrogens is 1. The average molecular weight is 328 g/mol. The van der Waals surface area contributed by atoms with Gasteiger partial charge in [-0.2, -0.15) is 8.78 Å². The van der Waals surface area contributed by atoms with Crippen LogP contribution in [0, 0.1) is 11.3 Å². The van der Waals surface area contributed by atoms with Gasteiger partial charge in [0.05, 0.1) is 5.92 Å². The van der Waals surface area contributed by atoms with E-state index in [9.17, 15) is 23.5 Å². The summed E-state index contributed by atoms with van der Waals surface area (Å²) in [5, 5.41) is 9.50. The van der Waals surface area contributed by atoms with Crippen LogP contribution in [0.3, 0.4) is 0 Å². The summed E-state index contributed by atoms with van der Waals surface area (Å²) in [6.45, 7) is -1.58. The van der Waals surface area contributed by atoms with Gasteiger partial charge in [-0.15, -0.1) is 0 Å². The van der Waals surface area contributed by atoms with Gasteiger partial charge in [-0.3, -0.25) is 14.2 Å². The Labute approximate surface area is 131 Å². The molecule has 0 radical (unpaired) electrons. The van der Waals surface area contributed by atoms with Crippen molar-refractivity contribution in [1.82, 2.24) is 9.47 Å². The fourth-order valence-electron chi connectivity index (χ4n) is 3.66. The fourth-order valence-corrected chi connectivity index (χ4v) is 3.66. The van der Waals surface area contributed by atoms with Crippen molar-refractivity contribution in [2.24, 2.45) is 11.3 Å². The summed E-state index contributed by atoms with van der Waals surface area (Å²) < 4.78 is 31.8. The molecule has 1 aromatic heterocycles. The first kappa shape index (κ1) is 15.9. The lowest BCUT2D eigenvalue weighted by Gasteiger charge is -2.36. The zero-order chi connectivity index (χ0) is 16.6. The van der Waals surface area contributed by atoms with Gasteiger partial charge in [0, 0.05) is 37.9 Å². The van der Waals surface area contributed by atoms with E-state index in [1.165, 1.54) is 17.0 Å². The second-order valence-corrected chi connectivity index (χ2v) is 6.13. The molecule has 2 fully saturated rings. The molecule has 0 saturated carbocycles. The van der Waals surface area contributed by atoms with Gasteiger partial charge in [0.1, 0.15) is 5.69 Å². The minimum atomic E-state index is -2.81. The molecule has 126 valence electrons. The minimum Gasteiger partial charge on any atom is -0.481 e. The van der Waals surface area contributed by atoms with Crippen LogP contribution in [0.15, 0.2) is 18.3 Å². The summed E-state index contributed by atoms with van der Waals surface area (Å²) in [7, 11) is 0. The highest BCUT2D eigenvalue weighted by atomic mass is 19.3. The molecule has 1 aromatic rings. The number of carbonyl (C=O) groups is 2. The number of nitrogens with zero attached hydrogens (tertiary/aromatic N) is 2. The van der Waals surface area contributed by atoms with Crippen molar-refractivity contribution in [3.63, 3.8) is 0 Å². The van der Waals surface area contributed by atoms with Gasteiger partial charge in [0.2, 0.25) is 0 Å². The predicted octanol–water partition coefficient (Wildman–Crippen LogP) is 1.84. The largest absolute Gasteiger partial charge is 0.481 e. The molecular formula is C15H18F2N2O4. The Morgan fingerprint density at radius 3 is 2.65 bits per heavy atom. The molecule has 1 N–H and O–H groups in total. The van der Waals surface area contributed by atoms with Gasteiger partial charge in [0.15, 0.2) is 0 Å². The van der Waals surface area contributed by atoms with Crippen LogP contribution in [-0.2, 0) is 9.53 Å². The summed E-state index contributed by atoms with van der Waals surface area (Å²) in [6.07, 6.45) is 2.26. The van der Waals surface area contributed by atoms with Crippen LogP contribution in [0.1, 0.15) is 29.9 Å². The maximum absolute atomic E-state index is 12.9. The molecule has 0 aromatic carbocycles. The number of hydrogen-bond donors (Lipinski definition) is 1. The summed E-state index contributed by atoms with van der Waals surface area (Å²) >= 11 is 0. The second-order valence-electron chi connectivity index (χ2n) is 6.13. The van der Waals surface area contributed by atoms with Gasteiger partial charge in [-0.1, -0.05) is 0 Å². The highest BCUT2D eigenvalue weighted by Crippen LogP contribution is 2.44. The lowest BCUT2D eigenvalue weighted by molar-refractivity contribution is -0.146. The number of carboxylic acids is 1. The van der Waals surface area contributed by atoms with Crippen molar-refractivity contribution >= 4 is 11.9 Å². The van der Waals surface area contributed by atoms with Crippen LogP contribution < -0.4 is 0 Å². The van der Waals surface area contributed by atoms with Crippen LogP contribution in [0.4, 0.5) is 8.78 Å². The van der Waals surface area contributed by atoms with Crippen LogP contribution in [0.25, 0.3) is 0 Å². The Bertz CT molecular complexity index is 610. The average Bonchev–Trinajstić information content (AvgIpc) is 3.12. The number of hydrogen-bond acceptors (Lipinski definition) is 3. The lowest BCUT2D eigenvalue weighted by Crippen LogP contribution is -2.40. The number of ether oxygens (including phenoxy) is 1. The van der Waals surface area contributed by atoms with E-state index in [0.29, 0.717) is 30.6 Å². The molecule has 3 rings (SSSR count). The number of rotatable bonds is 3. The quantitative estimate of drug-likeness (QED) is 0.919. The van der Waals surface area contributed by atoms with Crippen LogP contribution in [0.5, 0.6) is 0 Å². The molecule has 2 aliphatic heterocycles. The van der Waals surface area contributed by atoms with Crippen molar-refractivity contribution in [3.05, 3.63) is 24.0 Å². The lowest BCUT2D eigenvalue weighted by atomic mass is 9.72. The minimum absolute atomic E-state index is 0.0442. The Morgan fingerprint density at radius 2 is 2.04 bits per heavy atom. The molecule has 0 aliphatic carbocycles. The summed E-state index contributed by atoms with van der Waals surface area (Å²) in [5.74, 6) is -2.19. The number of carboxylic acid groups (broad SMARTS) is 1. The Hall–Kier alpha value is -1.96. The number of alkyl halides is 2. The standard InChI is InChI=1S/C15H18F2N2O4/c16-14(17)19-5-1-2-11(19)12(20)18-8-10(13(21)22)15(9-18)3-6-23-7-4-15/h1-2,5,10,14H,3-4,6-9H2,(H,21,22). The molecule has 1 unspecified atom stereocenters. The van der Waals surface area contributed by atoms with Crippen molar-refractivity contribution in [3.8, 4) is 0 Å². The maximum Gasteiger partial charge on any atom is 0.319 e. The van der Waals surface area contributed by atoms with Crippen molar-refractivity contribution in [2.75, 3.05) is 26.3 Å². The van der Waals surface area contributed by atoms with E-state index in [0.717, 1.165) is 6.20 Å². The molecule has 2 saturated heterocycles. The van der Waals surface area contributed by atoms with E-state index in [-0.39, 0.29) is 18.8 Å². The topological polar surface area (TPSA) is 71.8 Å². The summed E-state index contributed by atoms with van der Waals surface area (Å²) in [6, 6.07) is 2.72. The molecule has 6 nitrogen and oxygen atoms in total. The number of likely N-dealkylation sites (tertiary alicyclic amines) is 1. The van der Waals surface area contributed by atoms with Crippen molar-refractivity contribution in [2.45, 2.75) is 19.4 Å². The fraction of sp³-hybridized carbons (Fsp3) is 0.600. The zero-order valence-corrected chi connectivity index (χ0v) is 12.5. The molecule has 2 aliphatic rings.